The largest absolute Gasteiger partial charge is 0.714 e. The quantitative estimate of drug-likeness (QED) is 0.478. The van der Waals surface area contributed by atoms with E-state index in [2.05, 4.69) is 4.74 Å². The van der Waals surface area contributed by atoms with Crippen molar-refractivity contribution in [2.75, 3.05) is 7.11 Å². The third-order valence-corrected chi connectivity index (χ3v) is 4.84. The molecule has 0 fully saturated rings. The molecule has 1 heterocycles. The number of hydroxylamine groups is 3. The van der Waals surface area contributed by atoms with Gasteiger partial charge in [0.15, 0.2) is 11.6 Å². The van der Waals surface area contributed by atoms with Crippen molar-refractivity contribution in [1.82, 2.24) is 5.06 Å². The van der Waals surface area contributed by atoms with Crippen LogP contribution in [0, 0.1) is 5.21 Å². The van der Waals surface area contributed by atoms with Crippen molar-refractivity contribution >= 4 is 11.8 Å². The average molecular weight is 335 g/mol. The van der Waals surface area contributed by atoms with Crippen molar-refractivity contribution in [2.24, 2.45) is 0 Å². The zero-order chi connectivity index (χ0) is 18.3. The molecule has 0 N–H and O–H groups in total. The molecular weight excluding hydrogens is 312 g/mol. The number of nitrogens with zero attached hydrogens (tertiary/aromatic N) is 2. The van der Waals surface area contributed by atoms with Crippen LogP contribution in [0.4, 0.5) is 0 Å². The summed E-state index contributed by atoms with van der Waals surface area (Å²) >= 11 is 0. The number of ether oxygens (including phenoxy) is 2. The van der Waals surface area contributed by atoms with Gasteiger partial charge >= 0.3 is 11.8 Å². The van der Waals surface area contributed by atoms with Gasteiger partial charge in [-0.3, -0.25) is 4.74 Å². The highest BCUT2D eigenvalue weighted by Crippen LogP contribution is 2.37. The Morgan fingerprint density at radius 2 is 1.92 bits per heavy atom. The third kappa shape index (κ3) is 2.69. The van der Waals surface area contributed by atoms with E-state index in [1.54, 1.807) is 58.9 Å². The Bertz CT molecular complexity index is 681. The molecule has 7 heteroatoms. The van der Waals surface area contributed by atoms with Crippen LogP contribution in [-0.4, -0.2) is 45.9 Å². The minimum absolute atomic E-state index is 0.0289. The molecule has 0 unspecified atom stereocenters. The normalized spacial score (nSPS) is 20.0. The van der Waals surface area contributed by atoms with Gasteiger partial charge in [0.25, 0.3) is 0 Å². The van der Waals surface area contributed by atoms with Gasteiger partial charge in [0.1, 0.15) is 11.3 Å². The lowest BCUT2D eigenvalue weighted by Crippen LogP contribution is -2.53. The summed E-state index contributed by atoms with van der Waals surface area (Å²) in [5, 5.41) is 26.1. The van der Waals surface area contributed by atoms with E-state index >= 15 is 0 Å². The summed E-state index contributed by atoms with van der Waals surface area (Å²) in [5.41, 5.74) is -1.34. The van der Waals surface area contributed by atoms with Gasteiger partial charge in [0.2, 0.25) is 0 Å². The lowest BCUT2D eigenvalue weighted by atomic mass is 9.84. The van der Waals surface area contributed by atoms with Crippen molar-refractivity contribution in [3.05, 3.63) is 35.0 Å². The molecule has 24 heavy (non-hydrogen) atoms. The summed E-state index contributed by atoms with van der Waals surface area (Å²) in [7, 11) is 1.28. The minimum atomic E-state index is -0.889. The van der Waals surface area contributed by atoms with E-state index in [9.17, 15) is 15.2 Å². The standard InChI is InChI=1S/C17H23N2O5/c1-11(15(20)23-6)24-13-9-7-8-12(10-13)14-18(21)16(2,3)17(4,5)19(14)22/h7-11H,1-6H3/t11-/m1/s1. The van der Waals surface area contributed by atoms with Gasteiger partial charge in [0.05, 0.1) is 12.7 Å². The molecule has 0 saturated carbocycles. The Labute approximate surface area is 141 Å². The zero-order valence-corrected chi connectivity index (χ0v) is 14.8. The van der Waals surface area contributed by atoms with Crippen LogP contribution < -0.4 is 4.74 Å². The van der Waals surface area contributed by atoms with E-state index in [0.29, 0.717) is 11.3 Å². The van der Waals surface area contributed by atoms with Gasteiger partial charge in [-0.1, -0.05) is 11.1 Å². The second kappa shape index (κ2) is 5.98. The van der Waals surface area contributed by atoms with Crippen LogP contribution in [0.5, 0.6) is 5.75 Å². The number of hydrogen-bond acceptors (Lipinski definition) is 5. The summed E-state index contributed by atoms with van der Waals surface area (Å²) in [4.78, 5) is 11.5. The maximum Gasteiger partial charge on any atom is 0.346 e. The third-order valence-electron chi connectivity index (χ3n) is 4.84. The molecule has 131 valence electrons. The highest BCUT2D eigenvalue weighted by molar-refractivity contribution is 5.96. The molecule has 1 atom stereocenters. The van der Waals surface area contributed by atoms with Crippen LogP contribution in [-0.2, 0) is 14.7 Å². The summed E-state index contributed by atoms with van der Waals surface area (Å²) < 4.78 is 10.9. The number of hydrogen-bond donors (Lipinski definition) is 0. The van der Waals surface area contributed by atoms with E-state index < -0.39 is 23.2 Å². The number of benzene rings is 1. The Morgan fingerprint density at radius 3 is 2.42 bits per heavy atom. The molecule has 0 bridgehead atoms. The number of carbonyl (C=O) groups is 1. The topological polar surface area (TPSA) is 84.7 Å². The van der Waals surface area contributed by atoms with Gasteiger partial charge in [-0.15, -0.1) is 0 Å². The molecule has 1 radical (unpaired) electrons. The van der Waals surface area contributed by atoms with Crippen LogP contribution in [0.15, 0.2) is 24.3 Å². The number of amidine groups is 1. The molecule has 0 aliphatic carbocycles. The van der Waals surface area contributed by atoms with Gasteiger partial charge in [-0.25, -0.2) is 4.79 Å². The van der Waals surface area contributed by atoms with Crippen LogP contribution in [0.25, 0.3) is 0 Å². The second-order valence-electron chi connectivity index (χ2n) is 6.84. The zero-order valence-electron chi connectivity index (χ0n) is 14.8. The van der Waals surface area contributed by atoms with Gasteiger partial charge in [-0.2, -0.15) is 0 Å². The van der Waals surface area contributed by atoms with Gasteiger partial charge < -0.3 is 14.7 Å². The molecular formula is C17H23N2O5. The minimum Gasteiger partial charge on any atom is -0.714 e. The first-order chi connectivity index (χ1) is 11.0. The van der Waals surface area contributed by atoms with Crippen molar-refractivity contribution in [2.45, 2.75) is 51.8 Å². The highest BCUT2D eigenvalue weighted by Gasteiger charge is 2.59. The Balaban J connectivity index is 2.39. The van der Waals surface area contributed by atoms with Gasteiger partial charge in [-0.05, 0) is 52.8 Å². The maximum absolute atomic E-state index is 12.7. The first kappa shape index (κ1) is 18.1. The summed E-state index contributed by atoms with van der Waals surface area (Å²) in [6, 6.07) is 6.56. The Morgan fingerprint density at radius 1 is 1.29 bits per heavy atom. The Kier molecular flexibility index (Phi) is 4.50. The molecule has 1 aromatic carbocycles. The predicted octanol–water partition coefficient (Wildman–Crippen LogP) is 2.10. The Hall–Kier alpha value is -2.28. The molecule has 0 amide bonds. The molecule has 1 aliphatic heterocycles. The van der Waals surface area contributed by atoms with E-state index in [4.69, 9.17) is 4.74 Å². The first-order valence-corrected chi connectivity index (χ1v) is 7.70. The second-order valence-corrected chi connectivity index (χ2v) is 6.84. The van der Waals surface area contributed by atoms with E-state index in [1.165, 1.54) is 7.11 Å². The van der Waals surface area contributed by atoms with Crippen molar-refractivity contribution < 1.29 is 24.2 Å². The smallest absolute Gasteiger partial charge is 0.346 e. The number of carbonyl (C=O) groups excluding carboxylic acids is 1. The lowest BCUT2D eigenvalue weighted by molar-refractivity contribution is -0.539. The fourth-order valence-corrected chi connectivity index (χ4v) is 2.47. The average Bonchev–Trinajstić information content (AvgIpc) is 2.64. The van der Waals surface area contributed by atoms with Crippen LogP contribution >= 0.6 is 0 Å². The maximum atomic E-state index is 12.7. The first-order valence-electron chi connectivity index (χ1n) is 7.70. The molecule has 0 saturated heterocycles. The molecule has 2 rings (SSSR count). The number of methoxy groups -OCH3 is 1. The fourth-order valence-electron chi connectivity index (χ4n) is 2.47. The van der Waals surface area contributed by atoms with Crippen molar-refractivity contribution in [1.29, 1.82) is 0 Å². The highest BCUT2D eigenvalue weighted by atomic mass is 16.6. The number of rotatable bonds is 4. The predicted molar refractivity (Wildman–Crippen MR) is 87.0 cm³/mol. The molecule has 0 aromatic heterocycles. The summed E-state index contributed by atoms with van der Waals surface area (Å²) in [5.74, 6) is -0.101. The van der Waals surface area contributed by atoms with Crippen LogP contribution in [0.2, 0.25) is 0 Å². The van der Waals surface area contributed by atoms with Crippen molar-refractivity contribution in [3.63, 3.8) is 0 Å². The van der Waals surface area contributed by atoms with Crippen molar-refractivity contribution in [3.8, 4) is 5.75 Å². The van der Waals surface area contributed by atoms with E-state index in [0.717, 1.165) is 9.80 Å². The SMILES string of the molecule is COC(=O)[C@@H](C)Oc1cccc(C2=[N+]([O-])C(C)(C)C(C)(C)N2[O])c1. The van der Waals surface area contributed by atoms with Gasteiger partial charge in [0, 0.05) is 5.21 Å². The lowest BCUT2D eigenvalue weighted by Gasteiger charge is -2.32. The fraction of sp³-hybridized carbons (Fsp3) is 0.529. The van der Waals surface area contributed by atoms with Crippen LogP contribution in [0.1, 0.15) is 40.2 Å². The summed E-state index contributed by atoms with van der Waals surface area (Å²) in [6.45, 7) is 8.50. The summed E-state index contributed by atoms with van der Waals surface area (Å²) in [6.07, 6.45) is -0.793. The molecule has 1 aromatic rings. The molecule has 1 aliphatic rings. The van der Waals surface area contributed by atoms with E-state index in [1.807, 2.05) is 0 Å². The van der Waals surface area contributed by atoms with Crippen LogP contribution in [0.3, 0.4) is 0 Å². The van der Waals surface area contributed by atoms with E-state index in [-0.39, 0.29) is 5.84 Å². The molecule has 7 nitrogen and oxygen atoms in total. The molecule has 0 spiro atoms. The number of esters is 1. The monoisotopic (exact) mass is 335 g/mol.